The average molecular weight is 276 g/mol. The lowest BCUT2D eigenvalue weighted by Crippen LogP contribution is -2.41. The molecule has 1 aliphatic heterocycles. The lowest BCUT2D eigenvalue weighted by molar-refractivity contribution is 0.388. The summed E-state index contributed by atoms with van der Waals surface area (Å²) in [5.74, 6) is 3.75. The molecule has 0 spiro atoms. The summed E-state index contributed by atoms with van der Waals surface area (Å²) in [7, 11) is 0. The standard InChI is InChI=1S/C16H28N4/c1-5-9-17-15-10-16(19-14(6-2)18-15)20-11-12(3)7-8-13(20)4/h10,12-13H,5-9,11H2,1-4H3,(H,17,18,19). The van der Waals surface area contributed by atoms with Crippen molar-refractivity contribution in [2.24, 2.45) is 5.92 Å². The van der Waals surface area contributed by atoms with Gasteiger partial charge in [0.05, 0.1) is 0 Å². The highest BCUT2D eigenvalue weighted by atomic mass is 15.2. The Morgan fingerprint density at radius 3 is 2.75 bits per heavy atom. The molecular weight excluding hydrogens is 248 g/mol. The van der Waals surface area contributed by atoms with E-state index in [9.17, 15) is 0 Å². The molecule has 0 amide bonds. The van der Waals surface area contributed by atoms with E-state index >= 15 is 0 Å². The van der Waals surface area contributed by atoms with Crippen molar-refractivity contribution in [3.8, 4) is 0 Å². The number of rotatable bonds is 5. The molecule has 1 aromatic rings. The summed E-state index contributed by atoms with van der Waals surface area (Å²) in [6, 6.07) is 2.69. The van der Waals surface area contributed by atoms with Crippen LogP contribution in [0.3, 0.4) is 0 Å². The smallest absolute Gasteiger partial charge is 0.134 e. The normalized spacial score (nSPS) is 22.9. The molecule has 4 nitrogen and oxygen atoms in total. The first-order valence-corrected chi connectivity index (χ1v) is 8.02. The summed E-state index contributed by atoms with van der Waals surface area (Å²) in [6.45, 7) is 11.0. The molecule has 1 fully saturated rings. The molecule has 2 atom stereocenters. The van der Waals surface area contributed by atoms with Crippen LogP contribution in [0.25, 0.3) is 0 Å². The van der Waals surface area contributed by atoms with Gasteiger partial charge >= 0.3 is 0 Å². The maximum Gasteiger partial charge on any atom is 0.134 e. The van der Waals surface area contributed by atoms with Gasteiger partial charge in [0.2, 0.25) is 0 Å². The summed E-state index contributed by atoms with van der Waals surface area (Å²) in [5.41, 5.74) is 0. The maximum atomic E-state index is 4.74. The van der Waals surface area contributed by atoms with Crippen molar-refractivity contribution in [3.05, 3.63) is 11.9 Å². The van der Waals surface area contributed by atoms with E-state index in [-0.39, 0.29) is 0 Å². The van der Waals surface area contributed by atoms with E-state index < -0.39 is 0 Å². The Hall–Kier alpha value is -1.32. The second-order valence-electron chi connectivity index (χ2n) is 5.99. The number of hydrogen-bond acceptors (Lipinski definition) is 4. The van der Waals surface area contributed by atoms with E-state index in [1.54, 1.807) is 0 Å². The van der Waals surface area contributed by atoms with E-state index in [4.69, 9.17) is 4.98 Å². The van der Waals surface area contributed by atoms with Gasteiger partial charge in [-0.2, -0.15) is 0 Å². The quantitative estimate of drug-likeness (QED) is 0.894. The van der Waals surface area contributed by atoms with Crippen LogP contribution in [-0.4, -0.2) is 29.1 Å². The molecule has 2 unspecified atom stereocenters. The van der Waals surface area contributed by atoms with Crippen LogP contribution >= 0.6 is 0 Å². The molecule has 1 N–H and O–H groups in total. The number of aromatic nitrogens is 2. The van der Waals surface area contributed by atoms with E-state index in [1.807, 2.05) is 0 Å². The molecule has 20 heavy (non-hydrogen) atoms. The van der Waals surface area contributed by atoms with Crippen molar-refractivity contribution in [1.82, 2.24) is 9.97 Å². The Morgan fingerprint density at radius 2 is 2.05 bits per heavy atom. The minimum absolute atomic E-state index is 0.574. The van der Waals surface area contributed by atoms with Crippen LogP contribution in [0.15, 0.2) is 6.07 Å². The van der Waals surface area contributed by atoms with Crippen molar-refractivity contribution in [1.29, 1.82) is 0 Å². The molecule has 0 aromatic carbocycles. The van der Waals surface area contributed by atoms with Crippen LogP contribution in [0.4, 0.5) is 11.6 Å². The van der Waals surface area contributed by atoms with Gasteiger partial charge in [-0.3, -0.25) is 0 Å². The number of anilines is 2. The first-order chi connectivity index (χ1) is 9.63. The van der Waals surface area contributed by atoms with Gasteiger partial charge in [0.25, 0.3) is 0 Å². The van der Waals surface area contributed by atoms with Gasteiger partial charge in [-0.05, 0) is 32.1 Å². The lowest BCUT2D eigenvalue weighted by Gasteiger charge is -2.38. The molecule has 2 heterocycles. The maximum absolute atomic E-state index is 4.74. The Morgan fingerprint density at radius 1 is 1.25 bits per heavy atom. The molecule has 0 radical (unpaired) electrons. The molecule has 2 rings (SSSR count). The highest BCUT2D eigenvalue weighted by Crippen LogP contribution is 2.27. The molecule has 1 saturated heterocycles. The lowest BCUT2D eigenvalue weighted by atomic mass is 9.95. The van der Waals surface area contributed by atoms with Crippen LogP contribution in [0.5, 0.6) is 0 Å². The largest absolute Gasteiger partial charge is 0.370 e. The number of piperidine rings is 1. The van der Waals surface area contributed by atoms with Crippen molar-refractivity contribution < 1.29 is 0 Å². The molecule has 112 valence electrons. The zero-order valence-corrected chi connectivity index (χ0v) is 13.3. The minimum atomic E-state index is 0.574. The van der Waals surface area contributed by atoms with Gasteiger partial charge in [0.15, 0.2) is 0 Å². The highest BCUT2D eigenvalue weighted by molar-refractivity contribution is 5.50. The van der Waals surface area contributed by atoms with Gasteiger partial charge < -0.3 is 10.2 Å². The molecule has 4 heteroatoms. The fourth-order valence-corrected chi connectivity index (χ4v) is 2.74. The molecule has 0 bridgehead atoms. The fourth-order valence-electron chi connectivity index (χ4n) is 2.74. The zero-order chi connectivity index (χ0) is 14.5. The van der Waals surface area contributed by atoms with E-state index in [0.717, 1.165) is 49.3 Å². The Labute approximate surface area is 123 Å². The van der Waals surface area contributed by atoms with Crippen LogP contribution in [-0.2, 0) is 6.42 Å². The summed E-state index contributed by atoms with van der Waals surface area (Å²) < 4.78 is 0. The fraction of sp³-hybridized carbons (Fsp3) is 0.750. The van der Waals surface area contributed by atoms with Crippen LogP contribution in [0, 0.1) is 5.92 Å². The van der Waals surface area contributed by atoms with E-state index in [0.29, 0.717) is 6.04 Å². The highest BCUT2D eigenvalue weighted by Gasteiger charge is 2.24. The van der Waals surface area contributed by atoms with E-state index in [1.165, 1.54) is 12.8 Å². The first-order valence-electron chi connectivity index (χ1n) is 8.02. The molecule has 1 aromatic heterocycles. The third-order valence-electron chi connectivity index (χ3n) is 4.04. The van der Waals surface area contributed by atoms with Crippen molar-refractivity contribution in [2.45, 2.75) is 59.4 Å². The second-order valence-corrected chi connectivity index (χ2v) is 5.99. The number of nitrogens with zero attached hydrogens (tertiary/aromatic N) is 3. The van der Waals surface area contributed by atoms with Crippen molar-refractivity contribution >= 4 is 11.6 Å². The molecular formula is C16H28N4. The van der Waals surface area contributed by atoms with Crippen molar-refractivity contribution in [2.75, 3.05) is 23.3 Å². The van der Waals surface area contributed by atoms with Gasteiger partial charge in [0.1, 0.15) is 17.5 Å². The van der Waals surface area contributed by atoms with Gasteiger partial charge in [-0.25, -0.2) is 9.97 Å². The third kappa shape index (κ3) is 3.62. The zero-order valence-electron chi connectivity index (χ0n) is 13.3. The number of aryl methyl sites for hydroxylation is 1. The summed E-state index contributed by atoms with van der Waals surface area (Å²) in [4.78, 5) is 11.8. The third-order valence-corrected chi connectivity index (χ3v) is 4.04. The predicted molar refractivity (Wildman–Crippen MR) is 85.4 cm³/mol. The summed E-state index contributed by atoms with van der Waals surface area (Å²) in [5, 5.41) is 3.40. The Bertz CT molecular complexity index is 432. The van der Waals surface area contributed by atoms with Gasteiger partial charge in [-0.1, -0.05) is 20.8 Å². The Kier molecular flexibility index (Phi) is 5.21. The minimum Gasteiger partial charge on any atom is -0.370 e. The van der Waals surface area contributed by atoms with Crippen LogP contribution in [0.2, 0.25) is 0 Å². The summed E-state index contributed by atoms with van der Waals surface area (Å²) in [6.07, 6.45) is 4.57. The molecule has 1 aliphatic rings. The van der Waals surface area contributed by atoms with E-state index in [2.05, 4.69) is 49.0 Å². The predicted octanol–water partition coefficient (Wildman–Crippen LogP) is 3.49. The monoisotopic (exact) mass is 276 g/mol. The van der Waals surface area contributed by atoms with Crippen molar-refractivity contribution in [3.63, 3.8) is 0 Å². The molecule has 0 saturated carbocycles. The Balaban J connectivity index is 2.24. The molecule has 0 aliphatic carbocycles. The average Bonchev–Trinajstić information content (AvgIpc) is 2.47. The SMILES string of the molecule is CCCNc1cc(N2CC(C)CCC2C)nc(CC)n1. The number of nitrogens with one attached hydrogen (secondary N) is 1. The van der Waals surface area contributed by atoms with Gasteiger partial charge in [0, 0.05) is 31.6 Å². The van der Waals surface area contributed by atoms with Gasteiger partial charge in [-0.15, -0.1) is 0 Å². The topological polar surface area (TPSA) is 41.0 Å². The first kappa shape index (κ1) is 15.1. The summed E-state index contributed by atoms with van der Waals surface area (Å²) >= 11 is 0. The second kappa shape index (κ2) is 6.91. The van der Waals surface area contributed by atoms with Crippen LogP contribution in [0.1, 0.15) is 52.8 Å². The van der Waals surface area contributed by atoms with Crippen LogP contribution < -0.4 is 10.2 Å². The number of hydrogen-bond donors (Lipinski definition) is 1.